The van der Waals surface area contributed by atoms with Crippen LogP contribution in [-0.2, 0) is 4.79 Å². The number of benzene rings is 1. The van der Waals surface area contributed by atoms with Crippen LogP contribution in [0.15, 0.2) is 24.3 Å². The number of hydrogen-bond donors (Lipinski definition) is 1. The van der Waals surface area contributed by atoms with Crippen molar-refractivity contribution in [3.8, 4) is 0 Å². The van der Waals surface area contributed by atoms with Crippen molar-refractivity contribution < 1.29 is 27.2 Å². The molecule has 1 heterocycles. The van der Waals surface area contributed by atoms with E-state index in [-0.39, 0.29) is 18.8 Å². The first-order chi connectivity index (χ1) is 10.3. The number of urea groups is 1. The number of amides is 3. The third-order valence-corrected chi connectivity index (χ3v) is 3.06. The van der Waals surface area contributed by atoms with Crippen molar-refractivity contribution in [2.75, 3.05) is 31.1 Å². The molecule has 22 heavy (non-hydrogen) atoms. The van der Waals surface area contributed by atoms with E-state index in [0.29, 0.717) is 0 Å². The van der Waals surface area contributed by atoms with Crippen LogP contribution in [0.1, 0.15) is 0 Å². The molecule has 0 saturated carbocycles. The van der Waals surface area contributed by atoms with Gasteiger partial charge >= 0.3 is 12.2 Å². The van der Waals surface area contributed by atoms with Gasteiger partial charge in [0.2, 0.25) is 5.91 Å². The predicted molar refractivity (Wildman–Crippen MR) is 69.8 cm³/mol. The highest BCUT2D eigenvalue weighted by atomic mass is 19.4. The van der Waals surface area contributed by atoms with Crippen LogP contribution in [0, 0.1) is 5.82 Å². The number of carbonyl (C=O) groups is 2. The molecule has 9 heteroatoms. The lowest BCUT2D eigenvalue weighted by Crippen LogP contribution is -2.42. The van der Waals surface area contributed by atoms with Crippen LogP contribution < -0.4 is 10.2 Å². The normalized spacial score (nSPS) is 15.4. The number of carbonyl (C=O) groups excluding carboxylic acids is 2. The second kappa shape index (κ2) is 6.20. The topological polar surface area (TPSA) is 52.7 Å². The molecule has 2 rings (SSSR count). The van der Waals surface area contributed by atoms with Crippen LogP contribution in [0.3, 0.4) is 0 Å². The Labute approximate surface area is 123 Å². The van der Waals surface area contributed by atoms with Crippen molar-refractivity contribution in [3.05, 3.63) is 30.1 Å². The molecule has 120 valence electrons. The Kier molecular flexibility index (Phi) is 4.53. The van der Waals surface area contributed by atoms with Gasteiger partial charge < -0.3 is 10.2 Å². The fraction of sp³-hybridized carbons (Fsp3) is 0.385. The van der Waals surface area contributed by atoms with E-state index in [1.165, 1.54) is 18.2 Å². The standard InChI is InChI=1S/C13H13F4N3O2/c14-9-3-1-2-4-10(9)20-6-5-19(12(20)22)7-11(21)18-8-13(15,16)17/h1-4H,5-8H2,(H,18,21). The molecule has 1 aromatic rings. The number of alkyl halides is 3. The Morgan fingerprint density at radius 1 is 1.23 bits per heavy atom. The Hall–Kier alpha value is -2.32. The number of anilines is 1. The zero-order valence-electron chi connectivity index (χ0n) is 11.4. The lowest BCUT2D eigenvalue weighted by atomic mass is 10.3. The number of halogens is 4. The fourth-order valence-electron chi connectivity index (χ4n) is 2.05. The lowest BCUT2D eigenvalue weighted by molar-refractivity contribution is -0.138. The molecule has 0 spiro atoms. The zero-order valence-corrected chi connectivity index (χ0v) is 11.4. The van der Waals surface area contributed by atoms with E-state index in [1.54, 1.807) is 11.4 Å². The average Bonchev–Trinajstić information content (AvgIpc) is 2.78. The van der Waals surface area contributed by atoms with E-state index in [1.807, 2.05) is 0 Å². The molecule has 1 aromatic carbocycles. The molecule has 0 radical (unpaired) electrons. The highest BCUT2D eigenvalue weighted by Crippen LogP contribution is 2.23. The summed E-state index contributed by atoms with van der Waals surface area (Å²) in [5, 5.41) is 1.69. The van der Waals surface area contributed by atoms with Gasteiger partial charge in [-0.2, -0.15) is 13.2 Å². The number of hydrogen-bond acceptors (Lipinski definition) is 2. The molecular formula is C13H13F4N3O2. The molecular weight excluding hydrogens is 306 g/mol. The monoisotopic (exact) mass is 319 g/mol. The summed E-state index contributed by atoms with van der Waals surface area (Å²) in [6, 6.07) is 5.03. The van der Waals surface area contributed by atoms with Gasteiger partial charge in [-0.05, 0) is 12.1 Å². The van der Waals surface area contributed by atoms with Gasteiger partial charge in [-0.3, -0.25) is 9.69 Å². The van der Waals surface area contributed by atoms with E-state index in [9.17, 15) is 27.2 Å². The van der Waals surface area contributed by atoms with Crippen LogP contribution in [-0.4, -0.2) is 49.2 Å². The first kappa shape index (κ1) is 16.1. The zero-order chi connectivity index (χ0) is 16.3. The van der Waals surface area contributed by atoms with Crippen molar-refractivity contribution in [2.24, 2.45) is 0 Å². The summed E-state index contributed by atoms with van der Waals surface area (Å²) in [7, 11) is 0. The van der Waals surface area contributed by atoms with Crippen LogP contribution in [0.5, 0.6) is 0 Å². The van der Waals surface area contributed by atoms with E-state index in [0.717, 1.165) is 9.80 Å². The predicted octanol–water partition coefficient (Wildman–Crippen LogP) is 1.75. The van der Waals surface area contributed by atoms with Gasteiger partial charge in [-0.15, -0.1) is 0 Å². The average molecular weight is 319 g/mol. The molecule has 0 bridgehead atoms. The van der Waals surface area contributed by atoms with Crippen LogP contribution in [0.2, 0.25) is 0 Å². The van der Waals surface area contributed by atoms with Gasteiger partial charge in [0.1, 0.15) is 18.9 Å². The van der Waals surface area contributed by atoms with Crippen molar-refractivity contribution in [1.82, 2.24) is 10.2 Å². The van der Waals surface area contributed by atoms with Crippen molar-refractivity contribution >= 4 is 17.6 Å². The molecule has 1 saturated heterocycles. The molecule has 0 unspecified atom stereocenters. The van der Waals surface area contributed by atoms with Gasteiger partial charge in [0.05, 0.1) is 5.69 Å². The van der Waals surface area contributed by atoms with E-state index < -0.39 is 37.0 Å². The highest BCUT2D eigenvalue weighted by Gasteiger charge is 2.33. The number of nitrogens with zero attached hydrogens (tertiary/aromatic N) is 2. The van der Waals surface area contributed by atoms with Crippen molar-refractivity contribution in [1.29, 1.82) is 0 Å². The van der Waals surface area contributed by atoms with E-state index in [4.69, 9.17) is 0 Å². The van der Waals surface area contributed by atoms with Gasteiger partial charge in [-0.25, -0.2) is 9.18 Å². The minimum absolute atomic E-state index is 0.0747. The van der Waals surface area contributed by atoms with Crippen LogP contribution in [0.25, 0.3) is 0 Å². The Morgan fingerprint density at radius 2 is 1.91 bits per heavy atom. The van der Waals surface area contributed by atoms with Gasteiger partial charge in [0, 0.05) is 13.1 Å². The minimum Gasteiger partial charge on any atom is -0.345 e. The van der Waals surface area contributed by atoms with Crippen molar-refractivity contribution in [3.63, 3.8) is 0 Å². The van der Waals surface area contributed by atoms with Crippen LogP contribution >= 0.6 is 0 Å². The summed E-state index contributed by atoms with van der Waals surface area (Å²) < 4.78 is 49.6. The first-order valence-corrected chi connectivity index (χ1v) is 6.42. The minimum atomic E-state index is -4.51. The molecule has 3 amide bonds. The number of rotatable bonds is 4. The van der Waals surface area contributed by atoms with Crippen LogP contribution in [0.4, 0.5) is 28.0 Å². The van der Waals surface area contributed by atoms with Crippen molar-refractivity contribution in [2.45, 2.75) is 6.18 Å². The quantitative estimate of drug-likeness (QED) is 0.860. The van der Waals surface area contributed by atoms with E-state index in [2.05, 4.69) is 0 Å². The third kappa shape index (κ3) is 3.86. The maximum atomic E-state index is 13.6. The molecule has 0 aliphatic carbocycles. The molecule has 5 nitrogen and oxygen atoms in total. The first-order valence-electron chi connectivity index (χ1n) is 6.42. The van der Waals surface area contributed by atoms with Gasteiger partial charge in [-0.1, -0.05) is 12.1 Å². The lowest BCUT2D eigenvalue weighted by Gasteiger charge is -2.19. The second-order valence-electron chi connectivity index (χ2n) is 4.70. The molecule has 1 aliphatic rings. The fourth-order valence-corrected chi connectivity index (χ4v) is 2.05. The largest absolute Gasteiger partial charge is 0.405 e. The molecule has 0 atom stereocenters. The molecule has 1 N–H and O–H groups in total. The molecule has 1 aliphatic heterocycles. The highest BCUT2D eigenvalue weighted by molar-refractivity contribution is 5.96. The smallest absolute Gasteiger partial charge is 0.345 e. The summed E-state index contributed by atoms with van der Waals surface area (Å²) in [5.41, 5.74) is 0.0747. The molecule has 0 aromatic heterocycles. The summed E-state index contributed by atoms with van der Waals surface area (Å²) in [5.74, 6) is -1.50. The maximum absolute atomic E-state index is 13.6. The third-order valence-electron chi connectivity index (χ3n) is 3.06. The summed E-state index contributed by atoms with van der Waals surface area (Å²) in [6.45, 7) is -1.66. The Morgan fingerprint density at radius 3 is 2.55 bits per heavy atom. The Balaban J connectivity index is 1.95. The summed E-state index contributed by atoms with van der Waals surface area (Å²) in [6.07, 6.45) is -4.51. The number of nitrogens with one attached hydrogen (secondary N) is 1. The summed E-state index contributed by atoms with van der Waals surface area (Å²) >= 11 is 0. The summed E-state index contributed by atoms with van der Waals surface area (Å²) in [4.78, 5) is 25.7. The number of para-hydroxylation sites is 1. The SMILES string of the molecule is O=C(CN1CCN(c2ccccc2F)C1=O)NCC(F)(F)F. The maximum Gasteiger partial charge on any atom is 0.405 e. The second-order valence-corrected chi connectivity index (χ2v) is 4.70. The van der Waals surface area contributed by atoms with E-state index >= 15 is 0 Å². The molecule has 1 fully saturated rings. The van der Waals surface area contributed by atoms with Gasteiger partial charge in [0.15, 0.2) is 0 Å². The van der Waals surface area contributed by atoms with Gasteiger partial charge in [0.25, 0.3) is 0 Å². The Bertz CT molecular complexity index is 577.